The third-order valence-corrected chi connectivity index (χ3v) is 3.11. The first-order chi connectivity index (χ1) is 5.29. The van der Waals surface area contributed by atoms with Gasteiger partial charge in [-0.1, -0.05) is 0 Å². The summed E-state index contributed by atoms with van der Waals surface area (Å²) in [5.74, 6) is 1.79. The number of ketones is 1. The molecule has 2 aliphatic carbocycles. The predicted octanol–water partition coefficient (Wildman–Crippen LogP) is 1.39. The molecule has 2 saturated carbocycles. The number of fused-ring (bicyclic) bond motifs is 1. The fraction of sp³-hybridized carbons (Fsp3) is 0.889. The average molecular weight is 154 g/mol. The molecule has 0 amide bonds. The van der Waals surface area contributed by atoms with Crippen LogP contribution in [0.4, 0.5) is 0 Å². The molecule has 62 valence electrons. The molecule has 0 bridgehead atoms. The molecule has 2 rings (SSSR count). The van der Waals surface area contributed by atoms with Crippen LogP contribution in [0.25, 0.3) is 0 Å². The van der Waals surface area contributed by atoms with Crippen LogP contribution in [0.1, 0.15) is 25.7 Å². The first-order valence-electron chi connectivity index (χ1n) is 4.34. The highest BCUT2D eigenvalue weighted by Gasteiger charge is 2.40. The van der Waals surface area contributed by atoms with Crippen molar-refractivity contribution < 1.29 is 9.53 Å². The summed E-state index contributed by atoms with van der Waals surface area (Å²) in [6.45, 7) is 0. The maximum atomic E-state index is 11.0. The summed E-state index contributed by atoms with van der Waals surface area (Å²) < 4.78 is 5.27. The fourth-order valence-electron chi connectivity index (χ4n) is 2.52. The van der Waals surface area contributed by atoms with Crippen molar-refractivity contribution in [3.63, 3.8) is 0 Å². The Morgan fingerprint density at radius 2 is 1.82 bits per heavy atom. The van der Waals surface area contributed by atoms with E-state index in [0.29, 0.717) is 23.7 Å². The van der Waals surface area contributed by atoms with Gasteiger partial charge >= 0.3 is 0 Å². The van der Waals surface area contributed by atoms with Crippen LogP contribution in [0.2, 0.25) is 0 Å². The molecule has 2 heteroatoms. The molecule has 0 spiro atoms. The standard InChI is InChI=1S/C9H14O2/c1-11-9-4-6-2-8(10)3-7(6)5-9/h6-7,9H,2-5H2,1H3/t6-,7-/m1/s1. The van der Waals surface area contributed by atoms with E-state index in [1.165, 1.54) is 0 Å². The van der Waals surface area contributed by atoms with E-state index in [1.807, 2.05) is 0 Å². The molecule has 0 saturated heterocycles. The van der Waals surface area contributed by atoms with Gasteiger partial charge in [-0.05, 0) is 24.7 Å². The molecule has 2 atom stereocenters. The van der Waals surface area contributed by atoms with E-state index < -0.39 is 0 Å². The average Bonchev–Trinajstić information content (AvgIpc) is 2.43. The Labute approximate surface area is 66.9 Å². The molecular formula is C9H14O2. The van der Waals surface area contributed by atoms with Gasteiger partial charge in [-0.3, -0.25) is 4.79 Å². The van der Waals surface area contributed by atoms with Crippen molar-refractivity contribution >= 4 is 5.78 Å². The van der Waals surface area contributed by atoms with Crippen LogP contribution in [0.15, 0.2) is 0 Å². The van der Waals surface area contributed by atoms with Crippen LogP contribution in [-0.2, 0) is 9.53 Å². The molecule has 2 fully saturated rings. The summed E-state index contributed by atoms with van der Waals surface area (Å²) >= 11 is 0. The topological polar surface area (TPSA) is 26.3 Å². The van der Waals surface area contributed by atoms with Crippen LogP contribution in [0, 0.1) is 11.8 Å². The van der Waals surface area contributed by atoms with Crippen molar-refractivity contribution in [2.45, 2.75) is 31.8 Å². The van der Waals surface area contributed by atoms with E-state index in [9.17, 15) is 4.79 Å². The van der Waals surface area contributed by atoms with Crippen molar-refractivity contribution in [3.05, 3.63) is 0 Å². The normalized spacial score (nSPS) is 38.1. The lowest BCUT2D eigenvalue weighted by Gasteiger charge is -2.06. The highest BCUT2D eigenvalue weighted by atomic mass is 16.5. The van der Waals surface area contributed by atoms with Crippen molar-refractivity contribution in [2.24, 2.45) is 11.8 Å². The molecule has 0 aromatic rings. The lowest BCUT2D eigenvalue weighted by molar-refractivity contribution is -0.118. The van der Waals surface area contributed by atoms with Crippen molar-refractivity contribution in [1.29, 1.82) is 0 Å². The number of hydrogen-bond donors (Lipinski definition) is 0. The Hall–Kier alpha value is -0.370. The van der Waals surface area contributed by atoms with E-state index in [-0.39, 0.29) is 0 Å². The molecule has 2 nitrogen and oxygen atoms in total. The minimum atomic E-state index is 0.443. The highest BCUT2D eigenvalue weighted by Crippen LogP contribution is 2.43. The molecule has 11 heavy (non-hydrogen) atoms. The van der Waals surface area contributed by atoms with Gasteiger partial charge in [0.25, 0.3) is 0 Å². The second-order valence-electron chi connectivity index (χ2n) is 3.80. The maximum absolute atomic E-state index is 11.0. The van der Waals surface area contributed by atoms with E-state index in [2.05, 4.69) is 0 Å². The predicted molar refractivity (Wildman–Crippen MR) is 41.3 cm³/mol. The Balaban J connectivity index is 1.98. The fourth-order valence-corrected chi connectivity index (χ4v) is 2.52. The molecule has 0 heterocycles. The van der Waals surface area contributed by atoms with Gasteiger partial charge in [0.15, 0.2) is 0 Å². The Bertz CT molecular complexity index is 160. The summed E-state index contributed by atoms with van der Waals surface area (Å²) in [4.78, 5) is 11.0. The number of carbonyl (C=O) groups excluding carboxylic acids is 1. The molecule has 0 aliphatic heterocycles. The largest absolute Gasteiger partial charge is 0.381 e. The van der Waals surface area contributed by atoms with Crippen LogP contribution in [-0.4, -0.2) is 19.0 Å². The maximum Gasteiger partial charge on any atom is 0.133 e. The van der Waals surface area contributed by atoms with Crippen LogP contribution in [0.3, 0.4) is 0 Å². The van der Waals surface area contributed by atoms with Gasteiger partial charge in [-0.25, -0.2) is 0 Å². The van der Waals surface area contributed by atoms with Crippen molar-refractivity contribution in [2.75, 3.05) is 7.11 Å². The molecule has 2 aliphatic rings. The molecule has 0 N–H and O–H groups in total. The molecule has 0 aromatic carbocycles. The summed E-state index contributed by atoms with van der Waals surface area (Å²) in [6, 6.07) is 0. The summed E-state index contributed by atoms with van der Waals surface area (Å²) in [5.41, 5.74) is 0. The van der Waals surface area contributed by atoms with Crippen LogP contribution < -0.4 is 0 Å². The second-order valence-corrected chi connectivity index (χ2v) is 3.80. The Morgan fingerprint density at radius 1 is 1.27 bits per heavy atom. The van der Waals surface area contributed by atoms with E-state index >= 15 is 0 Å². The van der Waals surface area contributed by atoms with Gasteiger partial charge in [-0.2, -0.15) is 0 Å². The lowest BCUT2D eigenvalue weighted by atomic mass is 10.0. The van der Waals surface area contributed by atoms with Gasteiger partial charge in [0, 0.05) is 20.0 Å². The van der Waals surface area contributed by atoms with E-state index in [1.54, 1.807) is 7.11 Å². The van der Waals surface area contributed by atoms with Crippen LogP contribution >= 0.6 is 0 Å². The third kappa shape index (κ3) is 1.20. The van der Waals surface area contributed by atoms with E-state index in [0.717, 1.165) is 25.7 Å². The second kappa shape index (κ2) is 2.59. The number of carbonyl (C=O) groups is 1. The van der Waals surface area contributed by atoms with Crippen molar-refractivity contribution in [3.8, 4) is 0 Å². The lowest BCUT2D eigenvalue weighted by Crippen LogP contribution is -2.07. The number of methoxy groups -OCH3 is 1. The van der Waals surface area contributed by atoms with Crippen LogP contribution in [0.5, 0.6) is 0 Å². The molecular weight excluding hydrogens is 140 g/mol. The molecule has 0 radical (unpaired) electrons. The summed E-state index contributed by atoms with van der Waals surface area (Å²) in [6.07, 6.45) is 4.33. The Morgan fingerprint density at radius 3 is 2.27 bits per heavy atom. The zero-order valence-electron chi connectivity index (χ0n) is 6.88. The zero-order chi connectivity index (χ0) is 7.84. The number of ether oxygens (including phenoxy) is 1. The number of Topliss-reactive ketones (excluding diaryl/α,β-unsaturated/α-hetero) is 1. The minimum absolute atomic E-state index is 0.443. The quantitative estimate of drug-likeness (QED) is 0.570. The highest BCUT2D eigenvalue weighted by molar-refractivity contribution is 5.81. The van der Waals surface area contributed by atoms with Gasteiger partial charge in [0.05, 0.1) is 6.10 Å². The summed E-state index contributed by atoms with van der Waals surface area (Å²) in [5, 5.41) is 0. The molecule has 0 aromatic heterocycles. The summed E-state index contributed by atoms with van der Waals surface area (Å²) in [7, 11) is 1.77. The van der Waals surface area contributed by atoms with Gasteiger partial charge in [-0.15, -0.1) is 0 Å². The first kappa shape index (κ1) is 7.29. The third-order valence-electron chi connectivity index (χ3n) is 3.11. The zero-order valence-corrected chi connectivity index (χ0v) is 6.88. The van der Waals surface area contributed by atoms with Gasteiger partial charge in [0.2, 0.25) is 0 Å². The van der Waals surface area contributed by atoms with Gasteiger partial charge in [0.1, 0.15) is 5.78 Å². The first-order valence-corrected chi connectivity index (χ1v) is 4.34. The molecule has 0 unspecified atom stereocenters. The van der Waals surface area contributed by atoms with Crippen molar-refractivity contribution in [1.82, 2.24) is 0 Å². The monoisotopic (exact) mass is 154 g/mol. The number of hydrogen-bond acceptors (Lipinski definition) is 2. The number of rotatable bonds is 1. The minimum Gasteiger partial charge on any atom is -0.381 e. The SMILES string of the molecule is COC1C[C@H]2CC(=O)C[C@@H]2C1. The van der Waals surface area contributed by atoms with Gasteiger partial charge < -0.3 is 4.74 Å². The smallest absolute Gasteiger partial charge is 0.133 e. The van der Waals surface area contributed by atoms with E-state index in [4.69, 9.17) is 4.74 Å². The Kier molecular flexibility index (Phi) is 1.72.